The van der Waals surface area contributed by atoms with Crippen LogP contribution in [0.4, 0.5) is 5.69 Å². The summed E-state index contributed by atoms with van der Waals surface area (Å²) in [7, 11) is 0. The molecule has 0 spiro atoms. The quantitative estimate of drug-likeness (QED) is 0.231. The number of carboxylic acid groups (broad SMARTS) is 1. The number of nitrogens with zero attached hydrogens (tertiary/aromatic N) is 3. The minimum absolute atomic E-state index is 0.0223. The highest BCUT2D eigenvalue weighted by Gasteiger charge is 2.34. The Balaban J connectivity index is 1.28. The predicted molar refractivity (Wildman–Crippen MR) is 161 cm³/mol. The fraction of sp³-hybridized carbons (Fsp3) is 0.176. The van der Waals surface area contributed by atoms with Crippen molar-refractivity contribution in [2.45, 2.75) is 25.4 Å². The zero-order valence-electron chi connectivity index (χ0n) is 23.3. The Labute approximate surface area is 248 Å². The van der Waals surface area contributed by atoms with Gasteiger partial charge in [0.2, 0.25) is 0 Å². The monoisotopic (exact) mass is 574 g/mol. The number of fused-ring (bicyclic) bond motifs is 1. The van der Waals surface area contributed by atoms with Crippen LogP contribution in [0.25, 0.3) is 0 Å². The number of carbonyl (C=O) groups excluding carboxylic acids is 1. The van der Waals surface area contributed by atoms with Crippen LogP contribution in [-0.4, -0.2) is 49.9 Å². The first kappa shape index (κ1) is 27.9. The lowest BCUT2D eigenvalue weighted by molar-refractivity contribution is -0.114. The number of allylic oxidation sites excluding steroid dienone is 4. The number of aromatic nitrogens is 2. The van der Waals surface area contributed by atoms with Crippen LogP contribution in [0.5, 0.6) is 11.5 Å². The first-order valence-electron chi connectivity index (χ1n) is 14.0. The summed E-state index contributed by atoms with van der Waals surface area (Å²) in [5, 5.41) is 23.7. The number of ketones is 1. The molecule has 4 aromatic rings. The molecule has 2 aromatic carbocycles. The molecule has 2 aromatic heterocycles. The highest BCUT2D eigenvalue weighted by atomic mass is 16.5. The van der Waals surface area contributed by atoms with Crippen LogP contribution in [0.15, 0.2) is 109 Å². The second kappa shape index (κ2) is 12.3. The Morgan fingerprint density at radius 3 is 2.35 bits per heavy atom. The van der Waals surface area contributed by atoms with E-state index in [0.29, 0.717) is 48.8 Å². The van der Waals surface area contributed by atoms with Crippen molar-refractivity contribution in [3.63, 3.8) is 0 Å². The SMILES string of the molecule is O=C1C=CC2=C(C1)Oc1cc(O)ccc1C2c1cc(NCCN(Cc2ccccn2)Cc2ccccn2)ccc1C(=O)O. The van der Waals surface area contributed by atoms with E-state index >= 15 is 0 Å². The first-order valence-corrected chi connectivity index (χ1v) is 14.0. The van der Waals surface area contributed by atoms with Crippen LogP contribution >= 0.6 is 0 Å². The third-order valence-corrected chi connectivity index (χ3v) is 7.53. The largest absolute Gasteiger partial charge is 0.508 e. The molecule has 43 heavy (non-hydrogen) atoms. The molecule has 2 aliphatic rings. The molecule has 0 saturated heterocycles. The molecule has 1 aliphatic carbocycles. The third kappa shape index (κ3) is 6.32. The summed E-state index contributed by atoms with van der Waals surface area (Å²) >= 11 is 0. The summed E-state index contributed by atoms with van der Waals surface area (Å²) in [6.45, 7) is 2.57. The number of hydrogen-bond donors (Lipinski definition) is 3. The van der Waals surface area contributed by atoms with Crippen molar-refractivity contribution in [3.05, 3.63) is 137 Å². The van der Waals surface area contributed by atoms with Gasteiger partial charge in [-0.15, -0.1) is 0 Å². The maximum absolute atomic E-state index is 12.4. The summed E-state index contributed by atoms with van der Waals surface area (Å²) in [5.41, 5.74) is 4.85. The van der Waals surface area contributed by atoms with E-state index in [2.05, 4.69) is 20.2 Å². The van der Waals surface area contributed by atoms with Crippen molar-refractivity contribution in [2.75, 3.05) is 18.4 Å². The van der Waals surface area contributed by atoms with Gasteiger partial charge in [0.05, 0.1) is 23.4 Å². The van der Waals surface area contributed by atoms with E-state index in [-0.39, 0.29) is 23.5 Å². The molecule has 9 heteroatoms. The van der Waals surface area contributed by atoms with Crippen LogP contribution in [0.2, 0.25) is 0 Å². The van der Waals surface area contributed by atoms with Crippen LogP contribution in [-0.2, 0) is 17.9 Å². The minimum atomic E-state index is -1.05. The van der Waals surface area contributed by atoms with Gasteiger partial charge in [-0.1, -0.05) is 24.3 Å². The zero-order valence-corrected chi connectivity index (χ0v) is 23.3. The normalized spacial score (nSPS) is 15.6. The van der Waals surface area contributed by atoms with E-state index in [1.54, 1.807) is 42.7 Å². The number of benzene rings is 2. The summed E-state index contributed by atoms with van der Waals surface area (Å²) in [5.74, 6) is -0.763. The number of pyridine rings is 2. The number of carbonyl (C=O) groups is 2. The van der Waals surface area contributed by atoms with Gasteiger partial charge in [-0.2, -0.15) is 0 Å². The molecule has 0 amide bonds. The smallest absolute Gasteiger partial charge is 0.335 e. The number of phenolic OH excluding ortho intramolecular Hbond substituents is 1. The van der Waals surface area contributed by atoms with E-state index in [4.69, 9.17) is 4.74 Å². The van der Waals surface area contributed by atoms with Gasteiger partial charge < -0.3 is 20.3 Å². The number of nitrogens with one attached hydrogen (secondary N) is 1. The van der Waals surface area contributed by atoms with Gasteiger partial charge >= 0.3 is 5.97 Å². The molecule has 1 atom stereocenters. The van der Waals surface area contributed by atoms with Gasteiger partial charge in [-0.05, 0) is 60.2 Å². The average Bonchev–Trinajstić information content (AvgIpc) is 3.00. The molecule has 0 bridgehead atoms. The van der Waals surface area contributed by atoms with Gasteiger partial charge in [0.25, 0.3) is 0 Å². The Bertz CT molecular complexity index is 1680. The highest BCUT2D eigenvalue weighted by Crippen LogP contribution is 2.47. The summed E-state index contributed by atoms with van der Waals surface area (Å²) < 4.78 is 6.03. The van der Waals surface area contributed by atoms with Gasteiger partial charge in [-0.3, -0.25) is 19.7 Å². The van der Waals surface area contributed by atoms with E-state index in [1.807, 2.05) is 42.5 Å². The van der Waals surface area contributed by atoms with Crippen LogP contribution in [0.3, 0.4) is 0 Å². The molecular formula is C34H30N4O5. The maximum atomic E-state index is 12.4. The van der Waals surface area contributed by atoms with Gasteiger partial charge in [0.1, 0.15) is 17.3 Å². The number of carboxylic acids is 1. The molecule has 9 nitrogen and oxygen atoms in total. The van der Waals surface area contributed by atoms with Crippen LogP contribution < -0.4 is 10.1 Å². The van der Waals surface area contributed by atoms with Crippen LogP contribution in [0.1, 0.15) is 45.2 Å². The second-order valence-electron chi connectivity index (χ2n) is 10.5. The van der Waals surface area contributed by atoms with Crippen molar-refractivity contribution in [2.24, 2.45) is 0 Å². The lowest BCUT2D eigenvalue weighted by Crippen LogP contribution is -2.29. The molecule has 3 heterocycles. The van der Waals surface area contributed by atoms with Crippen LogP contribution in [0, 0.1) is 0 Å². The molecule has 1 aliphatic heterocycles. The fourth-order valence-electron chi connectivity index (χ4n) is 5.55. The molecule has 3 N–H and O–H groups in total. The zero-order chi connectivity index (χ0) is 29.8. The minimum Gasteiger partial charge on any atom is -0.508 e. The molecule has 0 saturated carbocycles. The number of phenols is 1. The molecule has 0 fully saturated rings. The molecular weight excluding hydrogens is 544 g/mol. The summed E-state index contributed by atoms with van der Waals surface area (Å²) in [4.78, 5) is 35.8. The average molecular weight is 575 g/mol. The molecule has 216 valence electrons. The number of hydrogen-bond acceptors (Lipinski definition) is 8. The topological polar surface area (TPSA) is 125 Å². The second-order valence-corrected chi connectivity index (χ2v) is 10.5. The van der Waals surface area contributed by atoms with E-state index in [0.717, 1.165) is 22.6 Å². The standard InChI is InChI=1S/C34H30N4O5/c39-25-8-11-28-31(18-25)43-32-19-26(40)9-12-29(32)33(28)30-17-22(7-10-27(30)34(41)42)37-15-16-38(20-23-5-1-3-13-35-23)21-24-6-2-4-14-36-24/h1-14,17-18,33,37,39H,15-16,19-21H2,(H,41,42). The number of rotatable bonds is 10. The number of aromatic carboxylic acids is 1. The number of ether oxygens (including phenoxy) is 1. The van der Waals surface area contributed by atoms with Crippen molar-refractivity contribution in [1.29, 1.82) is 0 Å². The van der Waals surface area contributed by atoms with E-state index in [9.17, 15) is 19.8 Å². The summed E-state index contributed by atoms with van der Waals surface area (Å²) in [6, 6.07) is 21.7. The molecule has 1 unspecified atom stereocenters. The number of anilines is 1. The fourth-order valence-corrected chi connectivity index (χ4v) is 5.55. The molecule has 0 radical (unpaired) electrons. The lowest BCUT2D eigenvalue weighted by Gasteiger charge is -2.32. The Kier molecular flexibility index (Phi) is 7.97. The molecule has 6 rings (SSSR count). The Morgan fingerprint density at radius 2 is 1.67 bits per heavy atom. The Morgan fingerprint density at radius 1 is 0.930 bits per heavy atom. The van der Waals surface area contributed by atoms with Gasteiger partial charge in [-0.25, -0.2) is 4.79 Å². The van der Waals surface area contributed by atoms with E-state index in [1.165, 1.54) is 12.1 Å². The number of aromatic hydroxyl groups is 1. The van der Waals surface area contributed by atoms with Gasteiger partial charge in [0.15, 0.2) is 5.78 Å². The Hall–Kier alpha value is -5.28. The van der Waals surface area contributed by atoms with Gasteiger partial charge in [0, 0.05) is 67.4 Å². The van der Waals surface area contributed by atoms with Crippen molar-refractivity contribution < 1.29 is 24.5 Å². The van der Waals surface area contributed by atoms with Crippen molar-refractivity contribution in [1.82, 2.24) is 14.9 Å². The third-order valence-electron chi connectivity index (χ3n) is 7.53. The highest BCUT2D eigenvalue weighted by molar-refractivity contribution is 5.95. The van der Waals surface area contributed by atoms with E-state index < -0.39 is 11.9 Å². The van der Waals surface area contributed by atoms with Crippen molar-refractivity contribution in [3.8, 4) is 11.5 Å². The summed E-state index contributed by atoms with van der Waals surface area (Å²) in [6.07, 6.45) is 6.85. The first-order chi connectivity index (χ1) is 20.9. The maximum Gasteiger partial charge on any atom is 0.335 e. The van der Waals surface area contributed by atoms with Crippen molar-refractivity contribution >= 4 is 17.4 Å². The predicted octanol–water partition coefficient (Wildman–Crippen LogP) is 5.30. The lowest BCUT2D eigenvalue weighted by atomic mass is 9.78.